The van der Waals surface area contributed by atoms with Gasteiger partial charge in [0.15, 0.2) is 0 Å². The number of carboxylic acids is 1. The number of rotatable bonds is 9. The maximum atomic E-state index is 12.6. The van der Waals surface area contributed by atoms with Crippen LogP contribution in [0.4, 0.5) is 0 Å². The summed E-state index contributed by atoms with van der Waals surface area (Å²) in [6.45, 7) is 3.60. The summed E-state index contributed by atoms with van der Waals surface area (Å²) in [4.78, 5) is 11.4. The van der Waals surface area contributed by atoms with Crippen molar-refractivity contribution in [1.82, 2.24) is 4.72 Å². The molecule has 7 nitrogen and oxygen atoms in total. The highest BCUT2D eigenvalue weighted by Crippen LogP contribution is 2.25. The van der Waals surface area contributed by atoms with Gasteiger partial charge in [-0.15, -0.1) is 0 Å². The van der Waals surface area contributed by atoms with Gasteiger partial charge in [-0.1, -0.05) is 56.3 Å². The Labute approximate surface area is 198 Å². The van der Waals surface area contributed by atoms with E-state index in [2.05, 4.69) is 4.72 Å². The second-order valence-corrected chi connectivity index (χ2v) is 9.98. The molecular formula is C26H25NO6S. The largest absolute Gasteiger partial charge is 0.486 e. The molecule has 1 atom stereocenters. The fourth-order valence-electron chi connectivity index (χ4n) is 3.54. The Hall–Kier alpha value is -3.62. The minimum atomic E-state index is -3.96. The Bertz CT molecular complexity index is 1360. The van der Waals surface area contributed by atoms with Crippen LogP contribution in [0.2, 0.25) is 0 Å². The molecule has 0 radical (unpaired) electrons. The van der Waals surface area contributed by atoms with Crippen molar-refractivity contribution in [1.29, 1.82) is 0 Å². The Morgan fingerprint density at radius 1 is 0.971 bits per heavy atom. The van der Waals surface area contributed by atoms with Crippen molar-refractivity contribution in [2.75, 3.05) is 0 Å². The topological polar surface area (TPSA) is 106 Å². The number of hydrogen-bond acceptors (Lipinski definition) is 5. The summed E-state index contributed by atoms with van der Waals surface area (Å²) in [5.74, 6) is -0.184. The van der Waals surface area contributed by atoms with Crippen LogP contribution in [0.3, 0.4) is 0 Å². The third-order valence-corrected chi connectivity index (χ3v) is 6.88. The van der Waals surface area contributed by atoms with Crippen molar-refractivity contribution in [3.8, 4) is 16.9 Å². The number of ether oxygens (including phenoxy) is 1. The van der Waals surface area contributed by atoms with Crippen LogP contribution < -0.4 is 9.46 Å². The Morgan fingerprint density at radius 3 is 2.18 bits per heavy atom. The number of fused-ring (bicyclic) bond motifs is 1. The van der Waals surface area contributed by atoms with E-state index in [1.54, 1.807) is 26.0 Å². The highest BCUT2D eigenvalue weighted by Gasteiger charge is 2.27. The smallest absolute Gasteiger partial charge is 0.322 e. The zero-order valence-electron chi connectivity index (χ0n) is 18.8. The van der Waals surface area contributed by atoms with Gasteiger partial charge < -0.3 is 14.3 Å². The molecule has 0 bridgehead atoms. The second-order valence-electron chi connectivity index (χ2n) is 8.27. The molecular weight excluding hydrogens is 454 g/mol. The molecule has 2 N–H and O–H groups in total. The quantitative estimate of drug-likeness (QED) is 0.347. The van der Waals surface area contributed by atoms with E-state index in [1.165, 1.54) is 12.1 Å². The van der Waals surface area contributed by atoms with Crippen LogP contribution in [0, 0.1) is 5.92 Å². The van der Waals surface area contributed by atoms with Crippen molar-refractivity contribution in [3.05, 3.63) is 84.6 Å². The van der Waals surface area contributed by atoms with Gasteiger partial charge in [0.1, 0.15) is 29.7 Å². The monoisotopic (exact) mass is 479 g/mol. The second kappa shape index (κ2) is 9.70. The number of furan rings is 1. The van der Waals surface area contributed by atoms with Gasteiger partial charge in [-0.05, 0) is 53.4 Å². The predicted octanol–water partition coefficient (Wildman–Crippen LogP) is 5.07. The van der Waals surface area contributed by atoms with Gasteiger partial charge in [0.25, 0.3) is 0 Å². The summed E-state index contributed by atoms with van der Waals surface area (Å²) in [5.41, 5.74) is 2.53. The molecule has 0 aliphatic carbocycles. The van der Waals surface area contributed by atoms with E-state index < -0.39 is 22.0 Å². The first-order valence-electron chi connectivity index (χ1n) is 10.8. The normalized spacial score (nSPS) is 12.7. The average Bonchev–Trinajstić information content (AvgIpc) is 3.24. The van der Waals surface area contributed by atoms with Crippen LogP contribution >= 0.6 is 0 Å². The lowest BCUT2D eigenvalue weighted by Crippen LogP contribution is -2.44. The third kappa shape index (κ3) is 5.30. The number of aliphatic carboxylic acids is 1. The summed E-state index contributed by atoms with van der Waals surface area (Å²) in [5, 5.41) is 10.3. The van der Waals surface area contributed by atoms with Gasteiger partial charge in [0.2, 0.25) is 10.0 Å². The number of carbonyl (C=O) groups is 1. The van der Waals surface area contributed by atoms with Gasteiger partial charge in [0.05, 0.1) is 4.90 Å². The molecule has 0 saturated carbocycles. The molecule has 1 unspecified atom stereocenters. The van der Waals surface area contributed by atoms with E-state index in [0.717, 1.165) is 27.9 Å². The number of benzene rings is 3. The maximum Gasteiger partial charge on any atom is 0.322 e. The number of carboxylic acid groups (broad SMARTS) is 1. The Morgan fingerprint density at radius 2 is 1.59 bits per heavy atom. The molecule has 0 aliphatic heterocycles. The minimum absolute atomic E-state index is 0.00828. The lowest BCUT2D eigenvalue weighted by Gasteiger charge is -2.18. The van der Waals surface area contributed by atoms with Gasteiger partial charge in [-0.2, -0.15) is 4.72 Å². The third-order valence-electron chi connectivity index (χ3n) is 5.42. The zero-order chi connectivity index (χ0) is 24.3. The van der Waals surface area contributed by atoms with Crippen LogP contribution in [-0.4, -0.2) is 25.5 Å². The van der Waals surface area contributed by atoms with Gasteiger partial charge >= 0.3 is 5.97 Å². The van der Waals surface area contributed by atoms with Crippen LogP contribution in [0.25, 0.3) is 22.1 Å². The first-order valence-corrected chi connectivity index (χ1v) is 12.3. The molecule has 0 spiro atoms. The van der Waals surface area contributed by atoms with Crippen LogP contribution in [0.5, 0.6) is 5.75 Å². The molecule has 1 aromatic heterocycles. The molecule has 0 aliphatic rings. The highest BCUT2D eigenvalue weighted by molar-refractivity contribution is 7.89. The van der Waals surface area contributed by atoms with E-state index >= 15 is 0 Å². The van der Waals surface area contributed by atoms with Crippen molar-refractivity contribution in [2.45, 2.75) is 31.4 Å². The summed E-state index contributed by atoms with van der Waals surface area (Å²) < 4.78 is 39.0. The van der Waals surface area contributed by atoms with E-state index in [9.17, 15) is 18.3 Å². The van der Waals surface area contributed by atoms with Crippen molar-refractivity contribution in [3.63, 3.8) is 0 Å². The molecule has 1 heterocycles. The Balaban J connectivity index is 1.42. The number of nitrogens with one attached hydrogen (secondary N) is 1. The SMILES string of the molecule is CC(C)C(NS(=O)(=O)c1ccc(-c2ccc(OCc3cc4ccccc4o3)cc2)cc1)C(=O)O. The molecule has 34 heavy (non-hydrogen) atoms. The van der Waals surface area contributed by atoms with E-state index in [-0.39, 0.29) is 10.8 Å². The Kier molecular flexibility index (Phi) is 6.72. The van der Waals surface area contributed by atoms with E-state index in [1.807, 2.05) is 54.6 Å². The molecule has 0 amide bonds. The van der Waals surface area contributed by atoms with E-state index in [0.29, 0.717) is 12.4 Å². The molecule has 0 fully saturated rings. The summed E-state index contributed by atoms with van der Waals surface area (Å²) >= 11 is 0. The van der Waals surface area contributed by atoms with Crippen molar-refractivity contribution >= 4 is 27.0 Å². The van der Waals surface area contributed by atoms with E-state index in [4.69, 9.17) is 9.15 Å². The summed E-state index contributed by atoms with van der Waals surface area (Å²) in [6, 6.07) is 22.3. The molecule has 4 rings (SSSR count). The molecule has 176 valence electrons. The van der Waals surface area contributed by atoms with Crippen molar-refractivity contribution in [2.24, 2.45) is 5.92 Å². The average molecular weight is 480 g/mol. The molecule has 8 heteroatoms. The summed E-state index contributed by atoms with van der Waals surface area (Å²) in [6.07, 6.45) is 0. The van der Waals surface area contributed by atoms with Crippen LogP contribution in [0.1, 0.15) is 19.6 Å². The lowest BCUT2D eigenvalue weighted by molar-refractivity contribution is -0.140. The van der Waals surface area contributed by atoms with Crippen LogP contribution in [-0.2, 0) is 21.4 Å². The number of para-hydroxylation sites is 1. The van der Waals surface area contributed by atoms with Crippen LogP contribution in [0.15, 0.2) is 88.2 Å². The first-order chi connectivity index (χ1) is 16.2. The maximum absolute atomic E-state index is 12.6. The fraction of sp³-hybridized carbons (Fsp3) is 0.192. The molecule has 0 saturated heterocycles. The van der Waals surface area contributed by atoms with Gasteiger partial charge in [-0.3, -0.25) is 4.79 Å². The molecule has 3 aromatic carbocycles. The predicted molar refractivity (Wildman–Crippen MR) is 129 cm³/mol. The van der Waals surface area contributed by atoms with Gasteiger partial charge in [-0.25, -0.2) is 8.42 Å². The number of hydrogen-bond donors (Lipinski definition) is 2. The van der Waals surface area contributed by atoms with Crippen molar-refractivity contribution < 1.29 is 27.5 Å². The highest BCUT2D eigenvalue weighted by atomic mass is 32.2. The summed E-state index contributed by atoms with van der Waals surface area (Å²) in [7, 11) is -3.96. The first kappa shape index (κ1) is 23.5. The lowest BCUT2D eigenvalue weighted by atomic mass is 10.1. The number of sulfonamides is 1. The molecule has 4 aromatic rings. The minimum Gasteiger partial charge on any atom is -0.486 e. The standard InChI is InChI=1S/C26H25NO6S/c1-17(2)25(26(28)29)27-34(30,31)23-13-9-19(10-14-23)18-7-11-21(12-8-18)32-16-22-15-20-5-3-4-6-24(20)33-22/h3-15,17,25,27H,16H2,1-2H3,(H,28,29). The fourth-order valence-corrected chi connectivity index (χ4v) is 4.88. The van der Waals surface area contributed by atoms with Gasteiger partial charge in [0, 0.05) is 5.39 Å². The zero-order valence-corrected chi connectivity index (χ0v) is 19.6.